The number of benzene rings is 6. The van der Waals surface area contributed by atoms with Gasteiger partial charge in [-0.3, -0.25) is 0 Å². The number of nitrogens with zero attached hydrogens (tertiary/aromatic N) is 1. The van der Waals surface area contributed by atoms with Crippen LogP contribution in [-0.4, -0.2) is 0 Å². The summed E-state index contributed by atoms with van der Waals surface area (Å²) in [6, 6.07) is 42.1. The van der Waals surface area contributed by atoms with Gasteiger partial charge in [-0.25, -0.2) is 0 Å². The zero-order valence-corrected chi connectivity index (χ0v) is 21.9. The monoisotopic (exact) mass is 477 g/mol. The highest BCUT2D eigenvalue weighted by molar-refractivity contribution is 6.12. The number of fused-ring (bicyclic) bond motifs is 2. The third-order valence-corrected chi connectivity index (χ3v) is 7.62. The summed E-state index contributed by atoms with van der Waals surface area (Å²) in [4.78, 5) is 2.45. The van der Waals surface area contributed by atoms with E-state index in [0.29, 0.717) is 0 Å². The quantitative estimate of drug-likeness (QED) is 0.244. The molecule has 0 aliphatic heterocycles. The van der Waals surface area contributed by atoms with Crippen molar-refractivity contribution in [3.8, 4) is 11.1 Å². The Hall–Kier alpha value is -4.36. The summed E-state index contributed by atoms with van der Waals surface area (Å²) < 4.78 is 0. The molecule has 0 unspecified atom stereocenters. The van der Waals surface area contributed by atoms with Crippen LogP contribution < -0.4 is 4.90 Å². The Morgan fingerprint density at radius 2 is 0.865 bits per heavy atom. The Bertz CT molecular complexity index is 1730. The predicted molar refractivity (Wildman–Crippen MR) is 161 cm³/mol. The third kappa shape index (κ3) is 3.88. The fraction of sp³-hybridized carbons (Fsp3) is 0.111. The number of hydrogen-bond acceptors (Lipinski definition) is 1. The Morgan fingerprint density at radius 1 is 0.351 bits per heavy atom. The summed E-state index contributed by atoms with van der Waals surface area (Å²) in [5, 5.41) is 5.15. The fourth-order valence-electron chi connectivity index (χ4n) is 5.66. The summed E-state index contributed by atoms with van der Waals surface area (Å²) >= 11 is 0. The molecule has 0 bridgehead atoms. The van der Waals surface area contributed by atoms with E-state index in [2.05, 4.69) is 148 Å². The van der Waals surface area contributed by atoms with Crippen LogP contribution in [0.4, 0.5) is 17.1 Å². The highest BCUT2D eigenvalue weighted by Gasteiger charge is 2.23. The second-order valence-electron chi connectivity index (χ2n) is 10.0. The van der Waals surface area contributed by atoms with Crippen molar-refractivity contribution in [3.63, 3.8) is 0 Å². The average molecular weight is 478 g/mol. The minimum absolute atomic E-state index is 1.19. The lowest BCUT2D eigenvalue weighted by Gasteiger charge is -2.31. The van der Waals surface area contributed by atoms with Crippen molar-refractivity contribution in [2.75, 3.05) is 4.90 Å². The predicted octanol–water partition coefficient (Wildman–Crippen LogP) is 10.4. The largest absolute Gasteiger partial charge is 0.309 e. The molecule has 0 radical (unpaired) electrons. The molecule has 0 amide bonds. The van der Waals surface area contributed by atoms with E-state index in [1.54, 1.807) is 0 Å². The van der Waals surface area contributed by atoms with Gasteiger partial charge in [0.25, 0.3) is 0 Å². The first-order valence-corrected chi connectivity index (χ1v) is 13.0. The molecule has 6 aromatic rings. The maximum absolute atomic E-state index is 2.45. The van der Waals surface area contributed by atoms with Crippen LogP contribution in [0, 0.1) is 27.7 Å². The number of para-hydroxylation sites is 2. The fourth-order valence-corrected chi connectivity index (χ4v) is 5.66. The first kappa shape index (κ1) is 23.1. The van der Waals surface area contributed by atoms with Crippen LogP contribution in [0.3, 0.4) is 0 Å². The molecule has 0 spiro atoms. The standard InChI is InChI=1S/C36H31N/c1-24-14-11-17-31-29(24)22-23-35(36(31)32-21-20-25(2)28-15-7-8-16-30(28)32)37(33-18-9-5-12-26(33)3)34-19-10-6-13-27(34)4/h5-23H,1-4H3. The van der Waals surface area contributed by atoms with Crippen LogP contribution in [-0.2, 0) is 0 Å². The smallest absolute Gasteiger partial charge is 0.0546 e. The second kappa shape index (κ2) is 9.26. The maximum Gasteiger partial charge on any atom is 0.0546 e. The highest BCUT2D eigenvalue weighted by Crippen LogP contribution is 2.47. The van der Waals surface area contributed by atoms with Gasteiger partial charge < -0.3 is 4.90 Å². The van der Waals surface area contributed by atoms with E-state index >= 15 is 0 Å². The van der Waals surface area contributed by atoms with E-state index in [9.17, 15) is 0 Å². The van der Waals surface area contributed by atoms with E-state index in [4.69, 9.17) is 0 Å². The molecule has 0 aliphatic carbocycles. The zero-order valence-electron chi connectivity index (χ0n) is 21.9. The highest BCUT2D eigenvalue weighted by atomic mass is 15.1. The van der Waals surface area contributed by atoms with Crippen LogP contribution >= 0.6 is 0 Å². The molecule has 0 saturated carbocycles. The molecule has 0 saturated heterocycles. The molecule has 0 aromatic heterocycles. The second-order valence-corrected chi connectivity index (χ2v) is 10.0. The van der Waals surface area contributed by atoms with Gasteiger partial charge >= 0.3 is 0 Å². The normalized spacial score (nSPS) is 11.2. The summed E-state index contributed by atoms with van der Waals surface area (Å²) in [7, 11) is 0. The SMILES string of the molecule is Cc1ccccc1N(c1ccccc1C)c1ccc2c(C)cccc2c1-c1ccc(C)c2ccccc12. The van der Waals surface area contributed by atoms with E-state index < -0.39 is 0 Å². The van der Waals surface area contributed by atoms with Gasteiger partial charge in [-0.05, 0) is 95.3 Å². The van der Waals surface area contributed by atoms with Crippen LogP contribution in [0.5, 0.6) is 0 Å². The number of anilines is 3. The van der Waals surface area contributed by atoms with Crippen molar-refractivity contribution < 1.29 is 0 Å². The molecule has 0 atom stereocenters. The van der Waals surface area contributed by atoms with Crippen LogP contribution in [0.25, 0.3) is 32.7 Å². The lowest BCUT2D eigenvalue weighted by atomic mass is 9.89. The Kier molecular flexibility index (Phi) is 5.77. The van der Waals surface area contributed by atoms with Gasteiger partial charge in [0.2, 0.25) is 0 Å². The lowest BCUT2D eigenvalue weighted by molar-refractivity contribution is 1.23. The van der Waals surface area contributed by atoms with Gasteiger partial charge in [0.1, 0.15) is 0 Å². The minimum atomic E-state index is 1.19. The van der Waals surface area contributed by atoms with Gasteiger partial charge in [-0.2, -0.15) is 0 Å². The van der Waals surface area contributed by atoms with E-state index in [1.165, 1.54) is 72.0 Å². The lowest BCUT2D eigenvalue weighted by Crippen LogP contribution is -2.14. The minimum Gasteiger partial charge on any atom is -0.309 e. The van der Waals surface area contributed by atoms with Gasteiger partial charge in [-0.1, -0.05) is 97.1 Å². The molecule has 0 N–H and O–H groups in total. The molecule has 0 aliphatic rings. The van der Waals surface area contributed by atoms with Crippen molar-refractivity contribution in [1.82, 2.24) is 0 Å². The van der Waals surface area contributed by atoms with Crippen molar-refractivity contribution in [2.45, 2.75) is 27.7 Å². The number of aryl methyl sites for hydroxylation is 4. The van der Waals surface area contributed by atoms with Crippen molar-refractivity contribution in [3.05, 3.63) is 138 Å². The molecule has 6 rings (SSSR count). The van der Waals surface area contributed by atoms with Crippen molar-refractivity contribution >= 4 is 38.6 Å². The molecule has 1 heteroatoms. The van der Waals surface area contributed by atoms with Crippen molar-refractivity contribution in [2.24, 2.45) is 0 Å². The third-order valence-electron chi connectivity index (χ3n) is 7.62. The summed E-state index contributed by atoms with van der Waals surface area (Å²) in [5.41, 5.74) is 11.2. The maximum atomic E-state index is 2.45. The van der Waals surface area contributed by atoms with E-state index in [0.717, 1.165) is 0 Å². The van der Waals surface area contributed by atoms with Gasteiger partial charge in [0.15, 0.2) is 0 Å². The topological polar surface area (TPSA) is 3.24 Å². The molecule has 0 heterocycles. The molecular weight excluding hydrogens is 446 g/mol. The van der Waals surface area contributed by atoms with Gasteiger partial charge in [0.05, 0.1) is 5.69 Å². The first-order valence-electron chi connectivity index (χ1n) is 13.0. The summed E-state index contributed by atoms with van der Waals surface area (Å²) in [6.45, 7) is 8.81. The molecule has 6 aromatic carbocycles. The first-order chi connectivity index (χ1) is 18.0. The Labute approximate surface area is 219 Å². The van der Waals surface area contributed by atoms with Crippen LogP contribution in [0.2, 0.25) is 0 Å². The molecule has 37 heavy (non-hydrogen) atoms. The van der Waals surface area contributed by atoms with Crippen LogP contribution in [0.15, 0.2) is 115 Å². The van der Waals surface area contributed by atoms with Gasteiger partial charge in [0, 0.05) is 16.9 Å². The average Bonchev–Trinajstić information content (AvgIpc) is 2.92. The number of rotatable bonds is 4. The van der Waals surface area contributed by atoms with Crippen molar-refractivity contribution in [1.29, 1.82) is 0 Å². The summed E-state index contributed by atoms with van der Waals surface area (Å²) in [5.74, 6) is 0. The van der Waals surface area contributed by atoms with E-state index in [1.807, 2.05) is 0 Å². The molecular formula is C36H31N. The van der Waals surface area contributed by atoms with Gasteiger partial charge in [-0.15, -0.1) is 0 Å². The van der Waals surface area contributed by atoms with Crippen LogP contribution in [0.1, 0.15) is 22.3 Å². The Balaban J connectivity index is 1.79. The zero-order chi connectivity index (χ0) is 25.5. The molecule has 0 fully saturated rings. The number of hydrogen-bond donors (Lipinski definition) is 0. The Morgan fingerprint density at radius 3 is 1.54 bits per heavy atom. The molecule has 1 nitrogen and oxygen atoms in total. The van der Waals surface area contributed by atoms with E-state index in [-0.39, 0.29) is 0 Å². The summed E-state index contributed by atoms with van der Waals surface area (Å²) in [6.07, 6.45) is 0. The molecule has 180 valence electrons.